The highest BCUT2D eigenvalue weighted by molar-refractivity contribution is 5.90. The first-order chi connectivity index (χ1) is 17.5. The van der Waals surface area contributed by atoms with Crippen LogP contribution in [0.2, 0.25) is 0 Å². The fraction of sp³-hybridized carbons (Fsp3) is 0.250. The molecule has 0 aromatic heterocycles. The third-order valence-electron chi connectivity index (χ3n) is 5.03. The summed E-state index contributed by atoms with van der Waals surface area (Å²) in [6.07, 6.45) is 0.652. The summed E-state index contributed by atoms with van der Waals surface area (Å²) in [6.45, 7) is 0.618. The molecule has 0 radical (unpaired) electrons. The molecular formula is C28H30O8. The molecule has 0 amide bonds. The monoisotopic (exact) mass is 494 g/mol. The van der Waals surface area contributed by atoms with Crippen LogP contribution in [0.4, 0.5) is 0 Å². The lowest BCUT2D eigenvalue weighted by molar-refractivity contribution is -0.0759. The molecule has 2 N–H and O–H groups in total. The summed E-state index contributed by atoms with van der Waals surface area (Å²) < 4.78 is 16.5. The van der Waals surface area contributed by atoms with Crippen LogP contribution in [0.3, 0.4) is 0 Å². The van der Waals surface area contributed by atoms with Crippen molar-refractivity contribution < 1.29 is 38.8 Å². The molecule has 3 aromatic rings. The zero-order chi connectivity index (χ0) is 26.2. The maximum absolute atomic E-state index is 12.1. The quantitative estimate of drug-likeness (QED) is 0.489. The average Bonchev–Trinajstić information content (AvgIpc) is 2.95. The molecular weight excluding hydrogens is 464 g/mol. The normalized spacial score (nSPS) is 16.2. The summed E-state index contributed by atoms with van der Waals surface area (Å²) in [5.74, 6) is -1.60. The van der Waals surface area contributed by atoms with Gasteiger partial charge in [0.2, 0.25) is 0 Å². The Kier molecular flexibility index (Phi) is 12.4. The number of aliphatic hydroxyl groups is 1. The van der Waals surface area contributed by atoms with Crippen LogP contribution in [0.1, 0.15) is 43.9 Å². The molecule has 3 aromatic carbocycles. The highest BCUT2D eigenvalue weighted by Crippen LogP contribution is 2.19. The van der Waals surface area contributed by atoms with E-state index in [1.165, 1.54) is 0 Å². The van der Waals surface area contributed by atoms with Gasteiger partial charge in [-0.2, -0.15) is 0 Å². The summed E-state index contributed by atoms with van der Waals surface area (Å²) in [7, 11) is 1.00. The largest absolute Gasteiger partial charge is 0.478 e. The zero-order valence-corrected chi connectivity index (χ0v) is 20.0. The molecule has 0 aliphatic carbocycles. The van der Waals surface area contributed by atoms with Crippen molar-refractivity contribution in [2.45, 2.75) is 25.0 Å². The van der Waals surface area contributed by atoms with Gasteiger partial charge in [0.25, 0.3) is 0 Å². The number of esters is 2. The average molecular weight is 495 g/mol. The van der Waals surface area contributed by atoms with Crippen LogP contribution >= 0.6 is 0 Å². The molecule has 1 heterocycles. The maximum atomic E-state index is 12.1. The van der Waals surface area contributed by atoms with Crippen molar-refractivity contribution in [3.63, 3.8) is 0 Å². The molecule has 1 fully saturated rings. The minimum atomic E-state index is -0.879. The molecule has 1 aliphatic heterocycles. The number of rotatable bonds is 6. The predicted octanol–water partition coefficient (Wildman–Crippen LogP) is 4.24. The molecule has 190 valence electrons. The minimum absolute atomic E-state index is 0.146. The lowest BCUT2D eigenvalue weighted by atomic mass is 10.1. The SMILES string of the molecule is CO.O=C(O)c1ccccc1.O=C(OCC1CC(OC(=O)c2ccccc2)CCO1)c1ccccc1. The number of carboxylic acid groups (broad SMARTS) is 1. The van der Waals surface area contributed by atoms with Gasteiger partial charge in [0, 0.05) is 20.0 Å². The Morgan fingerprint density at radius 3 is 1.72 bits per heavy atom. The van der Waals surface area contributed by atoms with E-state index in [0.29, 0.717) is 36.1 Å². The van der Waals surface area contributed by atoms with Gasteiger partial charge in [0.15, 0.2) is 0 Å². The van der Waals surface area contributed by atoms with Gasteiger partial charge in [-0.25, -0.2) is 14.4 Å². The van der Waals surface area contributed by atoms with E-state index in [2.05, 4.69) is 0 Å². The first-order valence-electron chi connectivity index (χ1n) is 11.4. The topological polar surface area (TPSA) is 119 Å². The Bertz CT molecular complexity index is 1050. The van der Waals surface area contributed by atoms with Crippen LogP contribution in [-0.2, 0) is 14.2 Å². The smallest absolute Gasteiger partial charge is 0.338 e. The van der Waals surface area contributed by atoms with Gasteiger partial charge < -0.3 is 24.4 Å². The Morgan fingerprint density at radius 2 is 1.25 bits per heavy atom. The third-order valence-corrected chi connectivity index (χ3v) is 5.03. The summed E-state index contributed by atoms with van der Waals surface area (Å²) >= 11 is 0. The highest BCUT2D eigenvalue weighted by Gasteiger charge is 2.27. The number of carbonyl (C=O) groups excluding carboxylic acids is 2. The molecule has 36 heavy (non-hydrogen) atoms. The number of aliphatic hydroxyl groups excluding tert-OH is 1. The van der Waals surface area contributed by atoms with Gasteiger partial charge in [-0.05, 0) is 36.4 Å². The van der Waals surface area contributed by atoms with Crippen molar-refractivity contribution in [1.29, 1.82) is 0 Å². The molecule has 1 aliphatic rings. The summed E-state index contributed by atoms with van der Waals surface area (Å²) in [4.78, 5) is 34.3. The lowest BCUT2D eigenvalue weighted by Gasteiger charge is -2.29. The van der Waals surface area contributed by atoms with Crippen LogP contribution in [0.15, 0.2) is 91.0 Å². The van der Waals surface area contributed by atoms with Crippen molar-refractivity contribution in [2.24, 2.45) is 0 Å². The molecule has 8 heteroatoms. The molecule has 0 saturated carbocycles. The number of hydrogen-bond acceptors (Lipinski definition) is 7. The van der Waals surface area contributed by atoms with Crippen molar-refractivity contribution in [3.8, 4) is 0 Å². The fourth-order valence-corrected chi connectivity index (χ4v) is 3.27. The number of carboxylic acids is 1. The number of hydrogen-bond donors (Lipinski definition) is 2. The number of carbonyl (C=O) groups is 3. The lowest BCUT2D eigenvalue weighted by Crippen LogP contribution is -2.35. The van der Waals surface area contributed by atoms with Crippen molar-refractivity contribution in [2.75, 3.05) is 20.3 Å². The van der Waals surface area contributed by atoms with Gasteiger partial charge in [-0.1, -0.05) is 54.6 Å². The molecule has 0 bridgehead atoms. The predicted molar refractivity (Wildman–Crippen MR) is 133 cm³/mol. The van der Waals surface area contributed by atoms with Crippen molar-refractivity contribution in [3.05, 3.63) is 108 Å². The van der Waals surface area contributed by atoms with E-state index in [1.807, 2.05) is 12.1 Å². The third kappa shape index (κ3) is 9.69. The number of aromatic carboxylic acids is 1. The van der Waals surface area contributed by atoms with Crippen LogP contribution in [0, 0.1) is 0 Å². The Balaban J connectivity index is 0.000000347. The zero-order valence-electron chi connectivity index (χ0n) is 20.0. The van der Waals surface area contributed by atoms with Crippen molar-refractivity contribution in [1.82, 2.24) is 0 Å². The van der Waals surface area contributed by atoms with E-state index in [4.69, 9.17) is 24.4 Å². The van der Waals surface area contributed by atoms with E-state index in [0.717, 1.165) is 7.11 Å². The van der Waals surface area contributed by atoms with Crippen molar-refractivity contribution >= 4 is 17.9 Å². The van der Waals surface area contributed by atoms with Crippen LogP contribution in [0.25, 0.3) is 0 Å². The second-order valence-corrected chi connectivity index (χ2v) is 7.55. The maximum Gasteiger partial charge on any atom is 0.338 e. The first kappa shape index (κ1) is 28.2. The summed E-state index contributed by atoms with van der Waals surface area (Å²) in [6, 6.07) is 26.0. The first-order valence-corrected chi connectivity index (χ1v) is 11.4. The van der Waals surface area contributed by atoms with E-state index < -0.39 is 5.97 Å². The van der Waals surface area contributed by atoms with Crippen LogP contribution in [0.5, 0.6) is 0 Å². The molecule has 0 spiro atoms. The van der Waals surface area contributed by atoms with Gasteiger partial charge in [-0.15, -0.1) is 0 Å². The van der Waals surface area contributed by atoms with Gasteiger partial charge in [0.05, 0.1) is 29.4 Å². The number of benzene rings is 3. The highest BCUT2D eigenvalue weighted by atomic mass is 16.6. The van der Waals surface area contributed by atoms with Gasteiger partial charge >= 0.3 is 17.9 Å². The Morgan fingerprint density at radius 1 is 0.778 bits per heavy atom. The fourth-order valence-electron chi connectivity index (χ4n) is 3.27. The summed E-state index contributed by atoms with van der Waals surface area (Å²) in [5.41, 5.74) is 1.36. The van der Waals surface area contributed by atoms with Gasteiger partial charge in [-0.3, -0.25) is 0 Å². The molecule has 1 saturated heterocycles. The Hall–Kier alpha value is -4.01. The minimum Gasteiger partial charge on any atom is -0.478 e. The standard InChI is InChI=1S/C20H20O5.C7H6O2.CH4O/c21-19(15-7-3-1-4-8-15)24-14-18-13-17(11-12-23-18)25-20(22)16-9-5-2-6-10-16;8-7(9)6-4-2-1-3-5-6;1-2/h1-10,17-18H,11-14H2;1-5H,(H,8,9);2H,1H3. The van der Waals surface area contributed by atoms with E-state index in [1.54, 1.807) is 78.9 Å². The van der Waals surface area contributed by atoms with E-state index in [-0.39, 0.29) is 30.8 Å². The molecule has 4 rings (SSSR count). The molecule has 2 unspecified atom stereocenters. The van der Waals surface area contributed by atoms with E-state index in [9.17, 15) is 14.4 Å². The van der Waals surface area contributed by atoms with Gasteiger partial charge in [0.1, 0.15) is 12.7 Å². The Labute approximate surface area is 210 Å². The summed E-state index contributed by atoms with van der Waals surface area (Å²) in [5, 5.41) is 15.4. The second-order valence-electron chi connectivity index (χ2n) is 7.55. The van der Waals surface area contributed by atoms with E-state index >= 15 is 0 Å². The second kappa shape index (κ2) is 15.8. The van der Waals surface area contributed by atoms with Crippen LogP contribution < -0.4 is 0 Å². The molecule has 8 nitrogen and oxygen atoms in total. The number of ether oxygens (including phenoxy) is 3. The molecule has 2 atom stereocenters. The van der Waals surface area contributed by atoms with Crippen LogP contribution in [-0.4, -0.2) is 60.7 Å².